The van der Waals surface area contributed by atoms with Gasteiger partial charge < -0.3 is 0 Å². The van der Waals surface area contributed by atoms with Crippen LogP contribution in [0.1, 0.15) is 50.3 Å². The van der Waals surface area contributed by atoms with E-state index in [-0.39, 0.29) is 0 Å². The minimum Gasteiger partial charge on any atom is -0.166 e. The molecule has 1 aromatic carbocycles. The lowest BCUT2D eigenvalue weighted by Gasteiger charge is -2.15. The summed E-state index contributed by atoms with van der Waals surface area (Å²) >= 11 is 1.12. The van der Waals surface area contributed by atoms with Gasteiger partial charge in [-0.1, -0.05) is 48.7 Å². The van der Waals surface area contributed by atoms with E-state index in [0.29, 0.717) is 22.7 Å². The molecule has 1 rings (SSSR count). The molecular formula is C22H27F3S. The Morgan fingerprint density at radius 3 is 2.35 bits per heavy atom. The van der Waals surface area contributed by atoms with Gasteiger partial charge in [0.2, 0.25) is 0 Å². The summed E-state index contributed by atoms with van der Waals surface area (Å²) in [4.78, 5) is 1.00. The van der Waals surface area contributed by atoms with Crippen molar-refractivity contribution in [2.45, 2.75) is 53.1 Å². The number of thioether (sulfide) groups is 1. The number of aryl methyl sites for hydroxylation is 2. The minimum atomic E-state index is -4.30. The van der Waals surface area contributed by atoms with Crippen LogP contribution in [0.25, 0.3) is 5.57 Å². The Bertz CT molecular complexity index is 721. The molecule has 0 atom stereocenters. The van der Waals surface area contributed by atoms with Crippen molar-refractivity contribution in [2.24, 2.45) is 0 Å². The normalized spacial score (nSPS) is 13.4. The van der Waals surface area contributed by atoms with Gasteiger partial charge in [-0.25, -0.2) is 0 Å². The standard InChI is InChI=1S/C22H27F3S/c1-7-9-19(8-2)20-12-10-18(14-16(20)5)11-13-21(26-15(3)4)17(6)22(23,24)25/h7-8,10,12,14H,1,3,9,11,13H2,2,4-6H3/b19-8-,21-17+. The zero-order valence-electron chi connectivity index (χ0n) is 16.0. The summed E-state index contributed by atoms with van der Waals surface area (Å²) in [5.74, 6) is 0. The Morgan fingerprint density at radius 2 is 1.88 bits per heavy atom. The molecule has 142 valence electrons. The summed E-state index contributed by atoms with van der Waals surface area (Å²) in [6.07, 6.45) is 1.35. The molecule has 0 N–H and O–H groups in total. The molecule has 26 heavy (non-hydrogen) atoms. The maximum Gasteiger partial charge on any atom is 0.413 e. The van der Waals surface area contributed by atoms with Crippen LogP contribution in [0.5, 0.6) is 0 Å². The van der Waals surface area contributed by atoms with E-state index in [0.717, 1.165) is 41.8 Å². The van der Waals surface area contributed by atoms with E-state index < -0.39 is 11.7 Å². The van der Waals surface area contributed by atoms with Gasteiger partial charge in [0.05, 0.1) is 0 Å². The van der Waals surface area contributed by atoms with Crippen LogP contribution >= 0.6 is 11.8 Å². The molecule has 0 bridgehead atoms. The summed E-state index contributed by atoms with van der Waals surface area (Å²) in [6.45, 7) is 14.4. The van der Waals surface area contributed by atoms with Crippen molar-refractivity contribution in [3.8, 4) is 0 Å². The molecular weight excluding hydrogens is 353 g/mol. The summed E-state index contributed by atoms with van der Waals surface area (Å²) in [5, 5.41) is 0. The third-order valence-corrected chi connectivity index (χ3v) is 5.24. The first-order valence-electron chi connectivity index (χ1n) is 8.56. The zero-order chi connectivity index (χ0) is 19.9. The Kier molecular flexibility index (Phi) is 8.48. The highest BCUT2D eigenvalue weighted by Crippen LogP contribution is 2.37. The molecule has 0 spiro atoms. The number of benzene rings is 1. The fraction of sp³-hybridized carbons (Fsp3) is 0.364. The zero-order valence-corrected chi connectivity index (χ0v) is 16.8. The quantitative estimate of drug-likeness (QED) is 0.412. The number of hydrogen-bond donors (Lipinski definition) is 0. The largest absolute Gasteiger partial charge is 0.413 e. The Balaban J connectivity index is 3.02. The molecule has 0 aliphatic rings. The lowest BCUT2D eigenvalue weighted by Crippen LogP contribution is -2.11. The maximum absolute atomic E-state index is 13.1. The SMILES string of the molecule is C=CC/C(=C/C)c1ccc(CC/C(SC(=C)C)=C(/C)C(F)(F)F)cc1C. The highest BCUT2D eigenvalue weighted by atomic mass is 32.2. The van der Waals surface area contributed by atoms with Gasteiger partial charge in [-0.05, 0) is 79.0 Å². The van der Waals surface area contributed by atoms with Gasteiger partial charge >= 0.3 is 6.18 Å². The van der Waals surface area contributed by atoms with Gasteiger partial charge in [0, 0.05) is 5.57 Å². The van der Waals surface area contributed by atoms with Crippen LogP contribution in [0, 0.1) is 6.92 Å². The van der Waals surface area contributed by atoms with Gasteiger partial charge in [0.25, 0.3) is 0 Å². The predicted molar refractivity (Wildman–Crippen MR) is 109 cm³/mol. The van der Waals surface area contributed by atoms with Crippen LogP contribution in [0.4, 0.5) is 13.2 Å². The number of rotatable bonds is 8. The van der Waals surface area contributed by atoms with E-state index in [1.54, 1.807) is 6.92 Å². The van der Waals surface area contributed by atoms with Crippen LogP contribution in [0.2, 0.25) is 0 Å². The summed E-state index contributed by atoms with van der Waals surface area (Å²) in [7, 11) is 0. The third kappa shape index (κ3) is 6.56. The molecule has 0 fully saturated rings. The highest BCUT2D eigenvalue weighted by molar-refractivity contribution is 8.06. The fourth-order valence-electron chi connectivity index (χ4n) is 2.72. The molecule has 4 heteroatoms. The molecule has 0 aliphatic heterocycles. The second-order valence-electron chi connectivity index (χ2n) is 6.31. The molecule has 0 nitrogen and oxygen atoms in total. The molecule has 0 saturated carbocycles. The van der Waals surface area contributed by atoms with Crippen molar-refractivity contribution in [3.05, 3.63) is 75.6 Å². The molecule has 1 aromatic rings. The van der Waals surface area contributed by atoms with E-state index in [1.807, 2.05) is 26.0 Å². The second kappa shape index (κ2) is 9.86. The van der Waals surface area contributed by atoms with Crippen molar-refractivity contribution < 1.29 is 13.2 Å². The molecule has 0 heterocycles. The fourth-order valence-corrected chi connectivity index (χ4v) is 3.62. The first-order valence-corrected chi connectivity index (χ1v) is 9.38. The van der Waals surface area contributed by atoms with E-state index in [4.69, 9.17) is 0 Å². The topological polar surface area (TPSA) is 0 Å². The van der Waals surface area contributed by atoms with Crippen LogP contribution < -0.4 is 0 Å². The van der Waals surface area contributed by atoms with Crippen LogP contribution in [-0.4, -0.2) is 6.18 Å². The van der Waals surface area contributed by atoms with Gasteiger partial charge in [-0.3, -0.25) is 0 Å². The molecule has 0 unspecified atom stereocenters. The lowest BCUT2D eigenvalue weighted by molar-refractivity contribution is -0.0918. The second-order valence-corrected chi connectivity index (χ2v) is 7.70. The van der Waals surface area contributed by atoms with Gasteiger partial charge in [0.1, 0.15) is 0 Å². The van der Waals surface area contributed by atoms with Crippen molar-refractivity contribution >= 4 is 17.3 Å². The number of halogens is 3. The maximum atomic E-state index is 13.1. The van der Waals surface area contributed by atoms with E-state index >= 15 is 0 Å². The lowest BCUT2D eigenvalue weighted by atomic mass is 9.95. The smallest absolute Gasteiger partial charge is 0.166 e. The summed E-state index contributed by atoms with van der Waals surface area (Å²) < 4.78 is 39.2. The van der Waals surface area contributed by atoms with Crippen molar-refractivity contribution in [1.29, 1.82) is 0 Å². The van der Waals surface area contributed by atoms with Crippen molar-refractivity contribution in [1.82, 2.24) is 0 Å². The Morgan fingerprint density at radius 1 is 1.23 bits per heavy atom. The first kappa shape index (κ1) is 22.4. The monoisotopic (exact) mass is 380 g/mol. The van der Waals surface area contributed by atoms with Gasteiger partial charge in [-0.15, -0.1) is 6.58 Å². The van der Waals surface area contributed by atoms with Gasteiger partial charge in [0.15, 0.2) is 0 Å². The highest BCUT2D eigenvalue weighted by Gasteiger charge is 2.32. The molecule has 0 radical (unpaired) electrons. The van der Waals surface area contributed by atoms with Crippen molar-refractivity contribution in [2.75, 3.05) is 0 Å². The average molecular weight is 381 g/mol. The Hall–Kier alpha value is -1.68. The van der Waals surface area contributed by atoms with E-state index in [1.165, 1.54) is 5.57 Å². The van der Waals surface area contributed by atoms with E-state index in [9.17, 15) is 13.2 Å². The minimum absolute atomic E-state index is 0.340. The number of hydrogen-bond acceptors (Lipinski definition) is 1. The number of allylic oxidation sites excluding steroid dienone is 6. The molecule has 0 aliphatic carbocycles. The molecule has 0 amide bonds. The molecule has 0 aromatic heterocycles. The number of alkyl halides is 3. The van der Waals surface area contributed by atoms with Crippen LogP contribution in [0.3, 0.4) is 0 Å². The third-order valence-electron chi connectivity index (χ3n) is 4.13. The van der Waals surface area contributed by atoms with Crippen molar-refractivity contribution in [3.63, 3.8) is 0 Å². The van der Waals surface area contributed by atoms with E-state index in [2.05, 4.69) is 31.4 Å². The summed E-state index contributed by atoms with van der Waals surface area (Å²) in [5.41, 5.74) is 4.00. The average Bonchev–Trinajstić information content (AvgIpc) is 2.55. The van der Waals surface area contributed by atoms with Crippen LogP contribution in [0.15, 0.2) is 58.9 Å². The van der Waals surface area contributed by atoms with Crippen LogP contribution in [-0.2, 0) is 6.42 Å². The Labute approximate surface area is 159 Å². The summed E-state index contributed by atoms with van der Waals surface area (Å²) in [6, 6.07) is 6.12. The first-order chi connectivity index (χ1) is 12.1. The van der Waals surface area contributed by atoms with Gasteiger partial charge in [-0.2, -0.15) is 13.2 Å². The molecule has 0 saturated heterocycles. The predicted octanol–water partition coefficient (Wildman–Crippen LogP) is 8.01.